The molecule has 3 aromatic rings. The van der Waals surface area contributed by atoms with E-state index < -0.39 is 0 Å². The van der Waals surface area contributed by atoms with Crippen LogP contribution in [0.5, 0.6) is 5.75 Å². The fourth-order valence-electron chi connectivity index (χ4n) is 2.86. The van der Waals surface area contributed by atoms with Crippen LogP contribution >= 0.6 is 0 Å². The Morgan fingerprint density at radius 2 is 1.91 bits per heavy atom. The summed E-state index contributed by atoms with van der Waals surface area (Å²) in [6.45, 7) is 5.86. The number of rotatable bonds is 6. The highest BCUT2D eigenvalue weighted by Crippen LogP contribution is 2.25. The third-order valence-electron chi connectivity index (χ3n) is 3.90. The minimum absolute atomic E-state index is 0.334. The molecule has 0 bridgehead atoms. The van der Waals surface area contributed by atoms with Gasteiger partial charge >= 0.3 is 0 Å². The van der Waals surface area contributed by atoms with Gasteiger partial charge in [0.25, 0.3) is 0 Å². The first-order valence-electron chi connectivity index (χ1n) is 7.93. The van der Waals surface area contributed by atoms with Crippen LogP contribution in [0.1, 0.15) is 31.2 Å². The summed E-state index contributed by atoms with van der Waals surface area (Å²) in [7, 11) is 0. The molecule has 120 valence electrons. The summed E-state index contributed by atoms with van der Waals surface area (Å²) in [5.74, 6) is 1.23. The topological polar surface area (TPSA) is 66.0 Å². The van der Waals surface area contributed by atoms with Crippen LogP contribution in [0.4, 0.5) is 0 Å². The zero-order valence-electron chi connectivity index (χ0n) is 13.6. The average Bonchev–Trinajstić information content (AvgIpc) is 2.98. The molecule has 0 aliphatic rings. The zero-order chi connectivity index (χ0) is 16.2. The minimum atomic E-state index is 0.334. The van der Waals surface area contributed by atoms with Crippen molar-refractivity contribution in [3.8, 4) is 5.75 Å². The molecule has 0 aliphatic heterocycles. The van der Waals surface area contributed by atoms with Crippen molar-refractivity contribution in [3.05, 3.63) is 53.9 Å². The van der Waals surface area contributed by atoms with Gasteiger partial charge in [0.1, 0.15) is 12.4 Å². The van der Waals surface area contributed by atoms with Crippen molar-refractivity contribution in [2.75, 3.05) is 6.61 Å². The van der Waals surface area contributed by atoms with Crippen LogP contribution < -0.4 is 10.5 Å². The summed E-state index contributed by atoms with van der Waals surface area (Å²) in [5.41, 5.74) is 7.69. The predicted octanol–water partition coefficient (Wildman–Crippen LogP) is 3.09. The quantitative estimate of drug-likeness (QED) is 0.760. The van der Waals surface area contributed by atoms with Gasteiger partial charge in [0, 0.05) is 11.9 Å². The van der Waals surface area contributed by atoms with E-state index in [4.69, 9.17) is 10.5 Å². The molecule has 3 rings (SSSR count). The van der Waals surface area contributed by atoms with E-state index in [1.807, 2.05) is 28.9 Å². The molecule has 2 N–H and O–H groups in total. The maximum atomic E-state index is 5.98. The lowest BCUT2D eigenvalue weighted by Gasteiger charge is -2.12. The number of hydrogen-bond acceptors (Lipinski definition) is 4. The summed E-state index contributed by atoms with van der Waals surface area (Å²) < 4.78 is 7.88. The summed E-state index contributed by atoms with van der Waals surface area (Å²) >= 11 is 0. The van der Waals surface area contributed by atoms with E-state index in [9.17, 15) is 0 Å². The van der Waals surface area contributed by atoms with Crippen LogP contribution in [-0.4, -0.2) is 21.6 Å². The number of hydrogen-bond donors (Lipinski definition) is 1. The van der Waals surface area contributed by atoms with Crippen LogP contribution in [0.25, 0.3) is 10.8 Å². The van der Waals surface area contributed by atoms with Crippen LogP contribution in [0.3, 0.4) is 0 Å². The van der Waals surface area contributed by atoms with Crippen molar-refractivity contribution in [2.45, 2.75) is 32.9 Å². The van der Waals surface area contributed by atoms with E-state index in [0.29, 0.717) is 25.6 Å². The Morgan fingerprint density at radius 3 is 2.70 bits per heavy atom. The van der Waals surface area contributed by atoms with E-state index in [1.54, 1.807) is 0 Å². The Balaban J connectivity index is 1.73. The smallest absolute Gasteiger partial charge is 0.127 e. The Kier molecular flexibility index (Phi) is 4.57. The third-order valence-corrected chi connectivity index (χ3v) is 3.90. The number of ether oxygens (including phenoxy) is 1. The molecular formula is C18H22N4O. The standard InChI is InChI=1S/C18H22N4O/c1-13(2)18-16(12-19)20-21-22(18)10-11-23-17-9-5-7-14-6-3-4-8-15(14)17/h3-9,13H,10-12,19H2,1-2H3. The van der Waals surface area contributed by atoms with Crippen molar-refractivity contribution in [1.29, 1.82) is 0 Å². The second kappa shape index (κ2) is 6.79. The van der Waals surface area contributed by atoms with Crippen molar-refractivity contribution in [2.24, 2.45) is 5.73 Å². The average molecular weight is 310 g/mol. The molecule has 23 heavy (non-hydrogen) atoms. The van der Waals surface area contributed by atoms with Gasteiger partial charge in [-0.05, 0) is 17.4 Å². The van der Waals surface area contributed by atoms with Gasteiger partial charge in [0.2, 0.25) is 0 Å². The van der Waals surface area contributed by atoms with Crippen molar-refractivity contribution in [3.63, 3.8) is 0 Å². The summed E-state index contributed by atoms with van der Waals surface area (Å²) in [4.78, 5) is 0. The maximum absolute atomic E-state index is 5.98. The third kappa shape index (κ3) is 3.19. The van der Waals surface area contributed by atoms with Gasteiger partial charge in [-0.2, -0.15) is 0 Å². The molecule has 0 atom stereocenters. The molecule has 0 radical (unpaired) electrons. The number of nitrogens with zero attached hydrogens (tertiary/aromatic N) is 3. The summed E-state index contributed by atoms with van der Waals surface area (Å²) in [6.07, 6.45) is 0. The molecule has 5 nitrogen and oxygen atoms in total. The highest BCUT2D eigenvalue weighted by Gasteiger charge is 2.14. The highest BCUT2D eigenvalue weighted by atomic mass is 16.5. The molecule has 0 aliphatic carbocycles. The van der Waals surface area contributed by atoms with Gasteiger partial charge in [-0.15, -0.1) is 5.10 Å². The lowest BCUT2D eigenvalue weighted by molar-refractivity contribution is 0.289. The number of aromatic nitrogens is 3. The molecule has 2 aromatic carbocycles. The zero-order valence-corrected chi connectivity index (χ0v) is 13.6. The van der Waals surface area contributed by atoms with Gasteiger partial charge in [0.05, 0.1) is 17.9 Å². The molecule has 0 spiro atoms. The molecule has 0 saturated carbocycles. The Labute approximate surface area is 136 Å². The lowest BCUT2D eigenvalue weighted by Crippen LogP contribution is -2.14. The first kappa shape index (κ1) is 15.5. The molecule has 0 amide bonds. The fraction of sp³-hybridized carbons (Fsp3) is 0.333. The number of benzene rings is 2. The molecule has 0 saturated heterocycles. The first-order chi connectivity index (χ1) is 11.2. The fourth-order valence-corrected chi connectivity index (χ4v) is 2.86. The molecule has 1 heterocycles. The van der Waals surface area contributed by atoms with Crippen LogP contribution in [0.2, 0.25) is 0 Å². The molecule has 1 aromatic heterocycles. The lowest BCUT2D eigenvalue weighted by atomic mass is 10.1. The molecule has 0 fully saturated rings. The molecule has 5 heteroatoms. The minimum Gasteiger partial charge on any atom is -0.491 e. The van der Waals surface area contributed by atoms with E-state index in [2.05, 4.69) is 42.4 Å². The van der Waals surface area contributed by atoms with Gasteiger partial charge < -0.3 is 10.5 Å². The Morgan fingerprint density at radius 1 is 1.13 bits per heavy atom. The predicted molar refractivity (Wildman–Crippen MR) is 91.4 cm³/mol. The van der Waals surface area contributed by atoms with E-state index in [0.717, 1.165) is 22.5 Å². The van der Waals surface area contributed by atoms with E-state index >= 15 is 0 Å². The van der Waals surface area contributed by atoms with Crippen molar-refractivity contribution < 1.29 is 4.74 Å². The van der Waals surface area contributed by atoms with Crippen LogP contribution in [-0.2, 0) is 13.1 Å². The first-order valence-corrected chi connectivity index (χ1v) is 7.93. The summed E-state index contributed by atoms with van der Waals surface area (Å²) in [5, 5.41) is 10.7. The monoisotopic (exact) mass is 310 g/mol. The second-order valence-corrected chi connectivity index (χ2v) is 5.83. The molecule has 0 unspecified atom stereocenters. The van der Waals surface area contributed by atoms with Crippen LogP contribution in [0, 0.1) is 0 Å². The van der Waals surface area contributed by atoms with Gasteiger partial charge in [0.15, 0.2) is 0 Å². The largest absolute Gasteiger partial charge is 0.491 e. The van der Waals surface area contributed by atoms with E-state index in [1.165, 1.54) is 5.39 Å². The molecular weight excluding hydrogens is 288 g/mol. The maximum Gasteiger partial charge on any atom is 0.127 e. The van der Waals surface area contributed by atoms with Crippen molar-refractivity contribution >= 4 is 10.8 Å². The van der Waals surface area contributed by atoms with Crippen LogP contribution in [0.15, 0.2) is 42.5 Å². The van der Waals surface area contributed by atoms with Gasteiger partial charge in [-0.1, -0.05) is 55.5 Å². The number of fused-ring (bicyclic) bond motifs is 1. The number of nitrogens with two attached hydrogens (primary N) is 1. The van der Waals surface area contributed by atoms with Gasteiger partial charge in [-0.25, -0.2) is 4.68 Å². The summed E-state index contributed by atoms with van der Waals surface area (Å²) in [6, 6.07) is 14.3. The van der Waals surface area contributed by atoms with E-state index in [-0.39, 0.29) is 0 Å². The SMILES string of the molecule is CC(C)c1c(CN)nnn1CCOc1cccc2ccccc12. The van der Waals surface area contributed by atoms with Crippen molar-refractivity contribution in [1.82, 2.24) is 15.0 Å². The normalized spacial score (nSPS) is 11.3. The van der Waals surface area contributed by atoms with Gasteiger partial charge in [-0.3, -0.25) is 0 Å². The second-order valence-electron chi connectivity index (χ2n) is 5.83. The highest BCUT2D eigenvalue weighted by molar-refractivity contribution is 5.88. The Hall–Kier alpha value is -2.40. The Bertz CT molecular complexity index is 789.